The van der Waals surface area contributed by atoms with Gasteiger partial charge in [-0.25, -0.2) is 0 Å². The predicted octanol–water partition coefficient (Wildman–Crippen LogP) is 2.31. The fourth-order valence-electron chi connectivity index (χ4n) is 2.56. The van der Waals surface area contributed by atoms with Crippen molar-refractivity contribution in [3.05, 3.63) is 72.2 Å². The van der Waals surface area contributed by atoms with Crippen LogP contribution in [0, 0.1) is 0 Å². The van der Waals surface area contributed by atoms with E-state index in [0.717, 1.165) is 22.4 Å². The highest BCUT2D eigenvalue weighted by Crippen LogP contribution is 2.21. The van der Waals surface area contributed by atoms with Crippen LogP contribution < -0.4 is 5.32 Å². The Morgan fingerprint density at radius 1 is 1.13 bits per heavy atom. The van der Waals surface area contributed by atoms with Gasteiger partial charge in [0.2, 0.25) is 0 Å². The maximum Gasteiger partial charge on any atom is 0.0969 e. The molecular weight excluding hydrogens is 288 g/mol. The van der Waals surface area contributed by atoms with Gasteiger partial charge in [0.1, 0.15) is 0 Å². The van der Waals surface area contributed by atoms with Crippen LogP contribution in [0.3, 0.4) is 0 Å². The molecule has 0 radical (unpaired) electrons. The van der Waals surface area contributed by atoms with Crippen molar-refractivity contribution in [2.24, 2.45) is 7.05 Å². The molecule has 2 N–H and O–H groups in total. The third-order valence-corrected chi connectivity index (χ3v) is 3.70. The number of nitrogens with one attached hydrogen (secondary N) is 1. The number of nitrogens with zero attached hydrogens (tertiary/aromatic N) is 3. The number of aliphatic hydroxyl groups excluding tert-OH is 1. The summed E-state index contributed by atoms with van der Waals surface area (Å²) in [5.41, 5.74) is 4.00. The van der Waals surface area contributed by atoms with Crippen LogP contribution in [0.2, 0.25) is 0 Å². The highest BCUT2D eigenvalue weighted by Gasteiger charge is 2.11. The molecule has 3 aromatic rings. The molecule has 0 saturated heterocycles. The lowest BCUT2D eigenvalue weighted by atomic mass is 10.1. The van der Waals surface area contributed by atoms with Crippen molar-refractivity contribution < 1.29 is 5.11 Å². The monoisotopic (exact) mass is 308 g/mol. The molecular formula is C18H20N4O. The number of aryl methyl sites for hydroxylation is 1. The Hall–Kier alpha value is -2.50. The zero-order valence-electron chi connectivity index (χ0n) is 13.1. The number of hydrogen-bond donors (Lipinski definition) is 2. The average molecular weight is 308 g/mol. The lowest BCUT2D eigenvalue weighted by Crippen LogP contribution is -2.21. The molecule has 0 fully saturated rings. The minimum atomic E-state index is -0.516. The molecule has 0 aliphatic carbocycles. The van der Waals surface area contributed by atoms with Crippen molar-refractivity contribution in [2.45, 2.75) is 12.6 Å². The van der Waals surface area contributed by atoms with Gasteiger partial charge < -0.3 is 10.4 Å². The van der Waals surface area contributed by atoms with Gasteiger partial charge in [0.25, 0.3) is 0 Å². The van der Waals surface area contributed by atoms with E-state index in [1.54, 1.807) is 17.1 Å². The summed E-state index contributed by atoms with van der Waals surface area (Å²) >= 11 is 0. The normalized spacial score (nSPS) is 12.3. The number of aliphatic hydroxyl groups is 1. The first-order valence-electron chi connectivity index (χ1n) is 7.60. The minimum absolute atomic E-state index is 0.495. The molecule has 0 spiro atoms. The highest BCUT2D eigenvalue weighted by atomic mass is 16.3. The Kier molecular flexibility index (Phi) is 4.80. The molecule has 2 aromatic heterocycles. The lowest BCUT2D eigenvalue weighted by Gasteiger charge is -2.12. The highest BCUT2D eigenvalue weighted by molar-refractivity contribution is 5.61. The van der Waals surface area contributed by atoms with Gasteiger partial charge in [-0.1, -0.05) is 30.3 Å². The van der Waals surface area contributed by atoms with E-state index in [9.17, 15) is 5.11 Å². The number of benzene rings is 1. The molecule has 5 heteroatoms. The topological polar surface area (TPSA) is 63.0 Å². The maximum absolute atomic E-state index is 10.2. The number of aromatic nitrogens is 3. The van der Waals surface area contributed by atoms with E-state index in [4.69, 9.17) is 0 Å². The predicted molar refractivity (Wildman–Crippen MR) is 89.5 cm³/mol. The third kappa shape index (κ3) is 3.83. The van der Waals surface area contributed by atoms with Crippen LogP contribution in [0.5, 0.6) is 0 Å². The molecule has 2 heterocycles. The summed E-state index contributed by atoms with van der Waals surface area (Å²) in [6.45, 7) is 1.14. The van der Waals surface area contributed by atoms with E-state index in [-0.39, 0.29) is 0 Å². The van der Waals surface area contributed by atoms with Crippen LogP contribution in [0.1, 0.15) is 17.2 Å². The van der Waals surface area contributed by atoms with Crippen LogP contribution in [-0.4, -0.2) is 26.4 Å². The SMILES string of the molecule is Cn1cc(CNC[C@@H](O)c2ccccc2)c(-c2ccncc2)n1. The number of pyridine rings is 1. The Labute approximate surface area is 135 Å². The molecule has 0 saturated carbocycles. The van der Waals surface area contributed by atoms with E-state index in [2.05, 4.69) is 15.4 Å². The summed E-state index contributed by atoms with van der Waals surface area (Å²) in [4.78, 5) is 4.04. The van der Waals surface area contributed by atoms with Crippen LogP contribution in [-0.2, 0) is 13.6 Å². The smallest absolute Gasteiger partial charge is 0.0969 e. The Bertz CT molecular complexity index is 740. The lowest BCUT2D eigenvalue weighted by molar-refractivity contribution is 0.174. The fourth-order valence-corrected chi connectivity index (χ4v) is 2.56. The minimum Gasteiger partial charge on any atom is -0.387 e. The van der Waals surface area contributed by atoms with Crippen molar-refractivity contribution in [2.75, 3.05) is 6.54 Å². The van der Waals surface area contributed by atoms with Gasteiger partial charge in [-0.05, 0) is 17.7 Å². The molecule has 3 rings (SSSR count). The van der Waals surface area contributed by atoms with Crippen molar-refractivity contribution in [1.29, 1.82) is 0 Å². The summed E-state index contributed by atoms with van der Waals surface area (Å²) in [6.07, 6.45) is 5.01. The first-order chi connectivity index (χ1) is 11.2. The molecule has 1 aromatic carbocycles. The summed E-state index contributed by atoms with van der Waals surface area (Å²) in [5, 5.41) is 18.0. The van der Waals surface area contributed by atoms with Crippen LogP contribution in [0.4, 0.5) is 0 Å². The molecule has 23 heavy (non-hydrogen) atoms. The zero-order chi connectivity index (χ0) is 16.1. The largest absolute Gasteiger partial charge is 0.387 e. The van der Waals surface area contributed by atoms with Gasteiger partial charge >= 0.3 is 0 Å². The van der Waals surface area contributed by atoms with E-state index in [0.29, 0.717) is 13.1 Å². The molecule has 1 atom stereocenters. The van der Waals surface area contributed by atoms with Gasteiger partial charge in [-0.3, -0.25) is 9.67 Å². The molecule has 0 bridgehead atoms. The summed E-state index contributed by atoms with van der Waals surface area (Å²) in [7, 11) is 1.91. The Morgan fingerprint density at radius 3 is 2.61 bits per heavy atom. The quantitative estimate of drug-likeness (QED) is 0.733. The van der Waals surface area contributed by atoms with Gasteiger partial charge in [-0.2, -0.15) is 5.10 Å². The number of hydrogen-bond acceptors (Lipinski definition) is 4. The summed E-state index contributed by atoms with van der Waals surface area (Å²) in [6, 6.07) is 13.6. The summed E-state index contributed by atoms with van der Waals surface area (Å²) in [5.74, 6) is 0. The van der Waals surface area contributed by atoms with Gasteiger partial charge in [-0.15, -0.1) is 0 Å². The Morgan fingerprint density at radius 2 is 1.87 bits per heavy atom. The second kappa shape index (κ2) is 7.17. The van der Waals surface area contributed by atoms with Crippen LogP contribution >= 0.6 is 0 Å². The molecule has 0 unspecified atom stereocenters. The van der Waals surface area contributed by atoms with Crippen molar-refractivity contribution in [3.63, 3.8) is 0 Å². The second-order valence-corrected chi connectivity index (χ2v) is 5.47. The van der Waals surface area contributed by atoms with Crippen molar-refractivity contribution in [3.8, 4) is 11.3 Å². The average Bonchev–Trinajstić information content (AvgIpc) is 2.97. The van der Waals surface area contributed by atoms with Gasteiger partial charge in [0.05, 0.1) is 11.8 Å². The van der Waals surface area contributed by atoms with Crippen LogP contribution in [0.25, 0.3) is 11.3 Å². The number of rotatable bonds is 6. The fraction of sp³-hybridized carbons (Fsp3) is 0.222. The van der Waals surface area contributed by atoms with E-state index in [1.165, 1.54) is 0 Å². The first kappa shape index (κ1) is 15.4. The molecule has 5 nitrogen and oxygen atoms in total. The van der Waals surface area contributed by atoms with E-state index < -0.39 is 6.10 Å². The van der Waals surface area contributed by atoms with E-state index in [1.807, 2.05) is 55.7 Å². The third-order valence-electron chi connectivity index (χ3n) is 3.70. The van der Waals surface area contributed by atoms with Crippen molar-refractivity contribution in [1.82, 2.24) is 20.1 Å². The first-order valence-corrected chi connectivity index (χ1v) is 7.60. The van der Waals surface area contributed by atoms with Gasteiger partial charge in [0.15, 0.2) is 0 Å². The molecule has 0 aliphatic rings. The van der Waals surface area contributed by atoms with Crippen LogP contribution in [0.15, 0.2) is 61.1 Å². The zero-order valence-corrected chi connectivity index (χ0v) is 13.1. The van der Waals surface area contributed by atoms with Crippen molar-refractivity contribution >= 4 is 0 Å². The standard InChI is InChI=1S/C18H20N4O/c1-22-13-16(18(21-22)15-7-9-19-10-8-15)11-20-12-17(23)14-5-3-2-4-6-14/h2-10,13,17,20,23H,11-12H2,1H3/t17-/m1/s1. The van der Waals surface area contributed by atoms with Gasteiger partial charge in [0, 0.05) is 49.9 Å². The van der Waals surface area contributed by atoms with E-state index >= 15 is 0 Å². The molecule has 118 valence electrons. The molecule has 0 aliphatic heterocycles. The molecule has 0 amide bonds. The Balaban J connectivity index is 1.65. The second-order valence-electron chi connectivity index (χ2n) is 5.47. The maximum atomic E-state index is 10.2. The summed E-state index contributed by atoms with van der Waals surface area (Å²) < 4.78 is 1.81.